The number of rotatable bonds is 3. The van der Waals surface area contributed by atoms with Gasteiger partial charge in [-0.25, -0.2) is 9.48 Å². The third-order valence-corrected chi connectivity index (χ3v) is 4.12. The molecule has 0 bridgehead atoms. The van der Waals surface area contributed by atoms with Crippen LogP contribution >= 0.6 is 0 Å². The number of pyridine rings is 1. The Morgan fingerprint density at radius 3 is 2.82 bits per heavy atom. The standard InChI is InChI=1S/C14H16N4O4/c1-14(12(20)21)5-7-16(9-14)11(19)8-18-13(22)17-6-3-2-4-10(17)15-18/h2-4,6H,5,7-9H2,1H3,(H,20,21). The van der Waals surface area contributed by atoms with Crippen molar-refractivity contribution in [2.24, 2.45) is 5.41 Å². The van der Waals surface area contributed by atoms with Crippen LogP contribution in [0.25, 0.3) is 5.65 Å². The van der Waals surface area contributed by atoms with Crippen molar-refractivity contribution in [1.29, 1.82) is 0 Å². The molecule has 1 saturated heterocycles. The van der Waals surface area contributed by atoms with Crippen molar-refractivity contribution in [2.75, 3.05) is 13.1 Å². The fraction of sp³-hybridized carbons (Fsp3) is 0.429. The van der Waals surface area contributed by atoms with E-state index in [4.69, 9.17) is 0 Å². The zero-order valence-corrected chi connectivity index (χ0v) is 12.1. The first-order chi connectivity index (χ1) is 10.4. The maximum atomic E-state index is 12.3. The van der Waals surface area contributed by atoms with E-state index in [0.717, 1.165) is 4.68 Å². The number of carbonyl (C=O) groups excluding carboxylic acids is 1. The maximum Gasteiger partial charge on any atom is 0.350 e. The van der Waals surface area contributed by atoms with Gasteiger partial charge in [0.25, 0.3) is 0 Å². The summed E-state index contributed by atoms with van der Waals surface area (Å²) in [6, 6.07) is 5.15. The molecule has 3 heterocycles. The lowest BCUT2D eigenvalue weighted by atomic mass is 9.90. The number of aromatic nitrogens is 3. The van der Waals surface area contributed by atoms with Crippen LogP contribution in [-0.2, 0) is 16.1 Å². The molecule has 2 aromatic heterocycles. The molecule has 1 amide bonds. The number of carboxylic acids is 1. The number of hydrogen-bond acceptors (Lipinski definition) is 4. The Morgan fingerprint density at radius 1 is 1.41 bits per heavy atom. The Balaban J connectivity index is 1.78. The molecule has 8 heteroatoms. The van der Waals surface area contributed by atoms with Crippen molar-refractivity contribution in [1.82, 2.24) is 19.1 Å². The molecule has 22 heavy (non-hydrogen) atoms. The molecule has 1 atom stereocenters. The molecular weight excluding hydrogens is 288 g/mol. The largest absolute Gasteiger partial charge is 0.481 e. The van der Waals surface area contributed by atoms with Gasteiger partial charge in [-0.05, 0) is 25.5 Å². The van der Waals surface area contributed by atoms with Gasteiger partial charge in [-0.15, -0.1) is 5.10 Å². The van der Waals surface area contributed by atoms with Crippen LogP contribution in [0.15, 0.2) is 29.2 Å². The summed E-state index contributed by atoms with van der Waals surface area (Å²) >= 11 is 0. The van der Waals surface area contributed by atoms with E-state index >= 15 is 0 Å². The van der Waals surface area contributed by atoms with E-state index in [0.29, 0.717) is 18.6 Å². The number of aliphatic carboxylic acids is 1. The van der Waals surface area contributed by atoms with Crippen LogP contribution in [0.2, 0.25) is 0 Å². The van der Waals surface area contributed by atoms with Gasteiger partial charge in [-0.3, -0.25) is 14.0 Å². The molecule has 2 aromatic rings. The minimum Gasteiger partial charge on any atom is -0.481 e. The Labute approximate surface area is 125 Å². The van der Waals surface area contributed by atoms with Crippen molar-refractivity contribution in [2.45, 2.75) is 19.9 Å². The zero-order valence-electron chi connectivity index (χ0n) is 12.1. The predicted molar refractivity (Wildman–Crippen MR) is 76.4 cm³/mol. The molecule has 116 valence electrons. The second-order valence-corrected chi connectivity index (χ2v) is 5.80. The van der Waals surface area contributed by atoms with Crippen LogP contribution in [0.5, 0.6) is 0 Å². The lowest BCUT2D eigenvalue weighted by Crippen LogP contribution is -2.38. The average Bonchev–Trinajstić information content (AvgIpc) is 3.03. The van der Waals surface area contributed by atoms with Gasteiger partial charge >= 0.3 is 11.7 Å². The number of fused-ring (bicyclic) bond motifs is 1. The van der Waals surface area contributed by atoms with Crippen LogP contribution in [0.4, 0.5) is 0 Å². The van der Waals surface area contributed by atoms with Gasteiger partial charge in [-0.2, -0.15) is 0 Å². The van der Waals surface area contributed by atoms with Crippen molar-refractivity contribution in [3.8, 4) is 0 Å². The zero-order chi connectivity index (χ0) is 15.9. The molecule has 0 aliphatic carbocycles. The first-order valence-electron chi connectivity index (χ1n) is 6.96. The Morgan fingerprint density at radius 2 is 2.18 bits per heavy atom. The second kappa shape index (κ2) is 4.97. The highest BCUT2D eigenvalue weighted by Crippen LogP contribution is 2.30. The monoisotopic (exact) mass is 304 g/mol. The first kappa shape index (κ1) is 14.3. The molecule has 0 saturated carbocycles. The Bertz CT molecular complexity index is 809. The lowest BCUT2D eigenvalue weighted by molar-refractivity contribution is -0.147. The number of carbonyl (C=O) groups is 2. The van der Waals surface area contributed by atoms with Gasteiger partial charge in [0.05, 0.1) is 5.41 Å². The smallest absolute Gasteiger partial charge is 0.350 e. The number of carboxylic acid groups (broad SMARTS) is 1. The van der Waals surface area contributed by atoms with Gasteiger partial charge < -0.3 is 10.0 Å². The van der Waals surface area contributed by atoms with Crippen LogP contribution < -0.4 is 5.69 Å². The van der Waals surface area contributed by atoms with E-state index in [9.17, 15) is 19.5 Å². The first-order valence-corrected chi connectivity index (χ1v) is 6.96. The van der Waals surface area contributed by atoms with E-state index in [1.165, 1.54) is 9.30 Å². The van der Waals surface area contributed by atoms with Gasteiger partial charge in [0, 0.05) is 19.3 Å². The third-order valence-electron chi connectivity index (χ3n) is 4.12. The van der Waals surface area contributed by atoms with Gasteiger partial charge in [-0.1, -0.05) is 6.07 Å². The lowest BCUT2D eigenvalue weighted by Gasteiger charge is -2.19. The number of amides is 1. The van der Waals surface area contributed by atoms with Gasteiger partial charge in [0.15, 0.2) is 5.65 Å². The molecule has 3 rings (SSSR count). The van der Waals surface area contributed by atoms with Gasteiger partial charge in [0.1, 0.15) is 6.54 Å². The highest BCUT2D eigenvalue weighted by Gasteiger charge is 2.42. The van der Waals surface area contributed by atoms with Crippen LogP contribution in [0.1, 0.15) is 13.3 Å². The summed E-state index contributed by atoms with van der Waals surface area (Å²) in [6.07, 6.45) is 2.00. The Hall–Kier alpha value is -2.64. The van der Waals surface area contributed by atoms with E-state index < -0.39 is 11.4 Å². The van der Waals surface area contributed by atoms with E-state index in [-0.39, 0.29) is 24.7 Å². The molecule has 0 aromatic carbocycles. The summed E-state index contributed by atoms with van der Waals surface area (Å²) in [5.41, 5.74) is -0.833. The molecule has 1 aliphatic rings. The second-order valence-electron chi connectivity index (χ2n) is 5.80. The quantitative estimate of drug-likeness (QED) is 0.848. The fourth-order valence-corrected chi connectivity index (χ4v) is 2.65. The molecule has 0 spiro atoms. The van der Waals surface area contributed by atoms with Crippen LogP contribution in [0.3, 0.4) is 0 Å². The number of nitrogens with zero attached hydrogens (tertiary/aromatic N) is 4. The van der Waals surface area contributed by atoms with Crippen molar-refractivity contribution in [3.63, 3.8) is 0 Å². The van der Waals surface area contributed by atoms with Crippen molar-refractivity contribution < 1.29 is 14.7 Å². The fourth-order valence-electron chi connectivity index (χ4n) is 2.65. The average molecular weight is 304 g/mol. The van der Waals surface area contributed by atoms with E-state index in [1.54, 1.807) is 31.3 Å². The van der Waals surface area contributed by atoms with Gasteiger partial charge in [0.2, 0.25) is 5.91 Å². The SMILES string of the molecule is CC1(C(=O)O)CCN(C(=O)Cn2nc3ccccn3c2=O)C1. The molecule has 1 unspecified atom stereocenters. The van der Waals surface area contributed by atoms with E-state index in [2.05, 4.69) is 5.10 Å². The molecule has 8 nitrogen and oxygen atoms in total. The summed E-state index contributed by atoms with van der Waals surface area (Å²) in [5.74, 6) is -1.21. The molecule has 1 aliphatic heterocycles. The summed E-state index contributed by atoms with van der Waals surface area (Å²) in [6.45, 7) is 1.98. The van der Waals surface area contributed by atoms with E-state index in [1.807, 2.05) is 0 Å². The van der Waals surface area contributed by atoms with Crippen molar-refractivity contribution >= 4 is 17.5 Å². The van der Waals surface area contributed by atoms with Crippen LogP contribution in [0, 0.1) is 5.41 Å². The predicted octanol–water partition coefficient (Wildman–Crippen LogP) is -0.181. The maximum absolute atomic E-state index is 12.3. The van der Waals surface area contributed by atoms with Crippen molar-refractivity contribution in [3.05, 3.63) is 34.9 Å². The highest BCUT2D eigenvalue weighted by molar-refractivity contribution is 5.80. The topological polar surface area (TPSA) is 96.9 Å². The molecule has 0 radical (unpaired) electrons. The third kappa shape index (κ3) is 2.26. The Kier molecular flexibility index (Phi) is 3.23. The normalized spacial score (nSPS) is 21.4. The summed E-state index contributed by atoms with van der Waals surface area (Å²) in [4.78, 5) is 37.1. The molecule has 1 N–H and O–H groups in total. The summed E-state index contributed by atoms with van der Waals surface area (Å²) in [7, 11) is 0. The summed E-state index contributed by atoms with van der Waals surface area (Å²) < 4.78 is 2.47. The molecule has 1 fully saturated rings. The minimum atomic E-state index is -0.917. The highest BCUT2D eigenvalue weighted by atomic mass is 16.4. The van der Waals surface area contributed by atoms with Crippen LogP contribution in [-0.4, -0.2) is 49.2 Å². The molecular formula is C14H16N4O4. The minimum absolute atomic E-state index is 0.156. The number of likely N-dealkylation sites (tertiary alicyclic amines) is 1. The summed E-state index contributed by atoms with van der Waals surface area (Å²) in [5, 5.41) is 13.3. The number of hydrogen-bond donors (Lipinski definition) is 1.